The molecule has 6 heteroatoms. The first-order valence-electron chi connectivity index (χ1n) is 8.67. The van der Waals surface area contributed by atoms with Gasteiger partial charge >= 0.3 is 5.97 Å². The Bertz CT molecular complexity index is 630. The largest absolute Gasteiger partial charge is 0.480 e. The van der Waals surface area contributed by atoms with Crippen molar-refractivity contribution in [1.82, 2.24) is 10.2 Å². The lowest BCUT2D eigenvalue weighted by atomic mass is 10.0. The molecule has 1 aromatic rings. The summed E-state index contributed by atoms with van der Waals surface area (Å²) in [6, 6.07) is 8.63. The van der Waals surface area contributed by atoms with Gasteiger partial charge in [0.25, 0.3) is 0 Å². The maximum Gasteiger partial charge on any atom is 0.326 e. The third-order valence-corrected chi connectivity index (χ3v) is 4.60. The molecule has 2 amide bonds. The van der Waals surface area contributed by atoms with Gasteiger partial charge in [-0.2, -0.15) is 0 Å². The molecule has 0 saturated carbocycles. The van der Waals surface area contributed by atoms with Gasteiger partial charge in [-0.3, -0.25) is 9.59 Å². The first-order chi connectivity index (χ1) is 11.8. The number of amides is 2. The molecule has 136 valence electrons. The highest BCUT2D eigenvalue weighted by molar-refractivity contribution is 5.91. The van der Waals surface area contributed by atoms with E-state index in [1.165, 1.54) is 0 Å². The van der Waals surface area contributed by atoms with Crippen LogP contribution in [0.4, 0.5) is 0 Å². The Kier molecular flexibility index (Phi) is 6.17. The number of hydrogen-bond acceptors (Lipinski definition) is 3. The van der Waals surface area contributed by atoms with Gasteiger partial charge in [-0.25, -0.2) is 4.79 Å². The molecule has 0 aliphatic carbocycles. The molecule has 2 unspecified atom stereocenters. The van der Waals surface area contributed by atoms with Crippen LogP contribution in [0, 0.1) is 11.8 Å². The minimum atomic E-state index is -1.04. The van der Waals surface area contributed by atoms with Crippen molar-refractivity contribution in [2.45, 2.75) is 45.7 Å². The summed E-state index contributed by atoms with van der Waals surface area (Å²) in [5.74, 6) is -1.83. The van der Waals surface area contributed by atoms with E-state index in [0.29, 0.717) is 13.0 Å². The molecule has 0 spiro atoms. The molecule has 1 aromatic carbocycles. The Labute approximate surface area is 148 Å². The van der Waals surface area contributed by atoms with Crippen molar-refractivity contribution >= 4 is 17.8 Å². The van der Waals surface area contributed by atoms with Gasteiger partial charge in [0, 0.05) is 13.0 Å². The van der Waals surface area contributed by atoms with E-state index in [0.717, 1.165) is 5.56 Å². The summed E-state index contributed by atoms with van der Waals surface area (Å²) in [6.45, 7) is 6.07. The first kappa shape index (κ1) is 19.0. The summed E-state index contributed by atoms with van der Waals surface area (Å²) in [7, 11) is 0. The van der Waals surface area contributed by atoms with Gasteiger partial charge in [0.05, 0.1) is 12.0 Å². The molecule has 1 heterocycles. The van der Waals surface area contributed by atoms with Gasteiger partial charge < -0.3 is 15.3 Å². The molecule has 1 fully saturated rings. The predicted molar refractivity (Wildman–Crippen MR) is 93.7 cm³/mol. The fourth-order valence-electron chi connectivity index (χ4n) is 3.18. The number of rotatable bonds is 7. The first-order valence-corrected chi connectivity index (χ1v) is 8.67. The van der Waals surface area contributed by atoms with E-state index in [1.807, 2.05) is 51.1 Å². The van der Waals surface area contributed by atoms with Gasteiger partial charge in [0.15, 0.2) is 0 Å². The molecule has 0 radical (unpaired) electrons. The number of benzene rings is 1. The van der Waals surface area contributed by atoms with E-state index in [1.54, 1.807) is 4.90 Å². The highest BCUT2D eigenvalue weighted by Gasteiger charge is 2.38. The summed E-state index contributed by atoms with van der Waals surface area (Å²) in [5.41, 5.74) is 1.01. The average Bonchev–Trinajstić information content (AvgIpc) is 2.95. The lowest BCUT2D eigenvalue weighted by molar-refractivity contribution is -0.142. The van der Waals surface area contributed by atoms with E-state index >= 15 is 0 Å². The van der Waals surface area contributed by atoms with Crippen LogP contribution >= 0.6 is 0 Å². The summed E-state index contributed by atoms with van der Waals surface area (Å²) in [6.07, 6.45) is 0.489. The van der Waals surface area contributed by atoms with Gasteiger partial charge in [-0.1, -0.05) is 44.2 Å². The third kappa shape index (κ3) is 4.81. The van der Waals surface area contributed by atoms with Crippen LogP contribution in [0.5, 0.6) is 0 Å². The van der Waals surface area contributed by atoms with Crippen LogP contribution in [0.25, 0.3) is 0 Å². The number of carboxylic acid groups (broad SMARTS) is 1. The number of carbonyl (C=O) groups is 3. The number of nitrogens with one attached hydrogen (secondary N) is 1. The van der Waals surface area contributed by atoms with Crippen LogP contribution in [0.1, 0.15) is 45.2 Å². The lowest BCUT2D eigenvalue weighted by Gasteiger charge is -2.25. The van der Waals surface area contributed by atoms with Crippen molar-refractivity contribution in [3.05, 3.63) is 35.9 Å². The van der Waals surface area contributed by atoms with Crippen LogP contribution in [-0.2, 0) is 14.4 Å². The molecule has 0 bridgehead atoms. The van der Waals surface area contributed by atoms with Gasteiger partial charge in [0.2, 0.25) is 11.8 Å². The standard InChI is InChI=1S/C19H26N2O4/c1-12(2)9-16(19(24)25)20-18(23)15-10-17(22)21(11-15)13(3)14-7-5-4-6-8-14/h4-8,12-13,15-16H,9-11H2,1-3H3,(H,20,23)(H,24,25)/t13?,15?,16-/m1/s1. The Morgan fingerprint density at radius 3 is 2.44 bits per heavy atom. The summed E-state index contributed by atoms with van der Waals surface area (Å²) in [4.78, 5) is 37.8. The number of nitrogens with zero attached hydrogens (tertiary/aromatic N) is 1. The fourth-order valence-corrected chi connectivity index (χ4v) is 3.18. The fraction of sp³-hybridized carbons (Fsp3) is 0.526. The quantitative estimate of drug-likeness (QED) is 0.792. The molecule has 1 saturated heterocycles. The van der Waals surface area contributed by atoms with Crippen molar-refractivity contribution in [3.63, 3.8) is 0 Å². The molecule has 0 aromatic heterocycles. The normalized spacial score (nSPS) is 19.8. The minimum absolute atomic E-state index is 0.0766. The van der Waals surface area contributed by atoms with Gasteiger partial charge in [-0.05, 0) is 24.8 Å². The zero-order valence-corrected chi connectivity index (χ0v) is 14.9. The van der Waals surface area contributed by atoms with Crippen LogP contribution in [0.3, 0.4) is 0 Å². The van der Waals surface area contributed by atoms with Crippen molar-refractivity contribution in [3.8, 4) is 0 Å². The summed E-state index contributed by atoms with van der Waals surface area (Å²) in [5, 5.41) is 11.9. The van der Waals surface area contributed by atoms with Crippen molar-refractivity contribution in [1.29, 1.82) is 0 Å². The highest BCUT2D eigenvalue weighted by Crippen LogP contribution is 2.28. The van der Waals surface area contributed by atoms with E-state index in [9.17, 15) is 19.5 Å². The third-order valence-electron chi connectivity index (χ3n) is 4.60. The number of hydrogen-bond donors (Lipinski definition) is 2. The van der Waals surface area contributed by atoms with Crippen LogP contribution < -0.4 is 5.32 Å². The Morgan fingerprint density at radius 1 is 1.24 bits per heavy atom. The molecule has 3 atom stereocenters. The zero-order chi connectivity index (χ0) is 18.6. The molecular formula is C19H26N2O4. The van der Waals surface area contributed by atoms with Crippen molar-refractivity contribution in [2.75, 3.05) is 6.54 Å². The van der Waals surface area contributed by atoms with Gasteiger partial charge in [-0.15, -0.1) is 0 Å². The number of carbonyl (C=O) groups excluding carboxylic acids is 2. The van der Waals surface area contributed by atoms with E-state index in [4.69, 9.17) is 0 Å². The number of aliphatic carboxylic acids is 1. The Hall–Kier alpha value is -2.37. The van der Waals surface area contributed by atoms with E-state index < -0.39 is 17.9 Å². The van der Waals surface area contributed by atoms with Gasteiger partial charge in [0.1, 0.15) is 6.04 Å². The summed E-state index contributed by atoms with van der Waals surface area (Å²) < 4.78 is 0. The monoisotopic (exact) mass is 346 g/mol. The molecule has 2 rings (SSSR count). The predicted octanol–water partition coefficient (Wildman–Crippen LogP) is 2.21. The van der Waals surface area contributed by atoms with E-state index in [-0.39, 0.29) is 30.2 Å². The topological polar surface area (TPSA) is 86.7 Å². The Morgan fingerprint density at radius 2 is 1.88 bits per heavy atom. The number of likely N-dealkylation sites (tertiary alicyclic amines) is 1. The van der Waals surface area contributed by atoms with Crippen LogP contribution in [-0.4, -0.2) is 40.4 Å². The summed E-state index contributed by atoms with van der Waals surface area (Å²) >= 11 is 0. The Balaban J connectivity index is 2.01. The minimum Gasteiger partial charge on any atom is -0.480 e. The molecule has 6 nitrogen and oxygen atoms in total. The maximum absolute atomic E-state index is 12.4. The molecule has 2 N–H and O–H groups in total. The molecule has 1 aliphatic heterocycles. The average molecular weight is 346 g/mol. The van der Waals surface area contributed by atoms with E-state index in [2.05, 4.69) is 5.32 Å². The second kappa shape index (κ2) is 8.14. The zero-order valence-electron chi connectivity index (χ0n) is 14.9. The second-order valence-electron chi connectivity index (χ2n) is 7.06. The molecule has 25 heavy (non-hydrogen) atoms. The van der Waals surface area contributed by atoms with Crippen LogP contribution in [0.2, 0.25) is 0 Å². The number of carboxylic acids is 1. The maximum atomic E-state index is 12.4. The lowest BCUT2D eigenvalue weighted by Crippen LogP contribution is -2.45. The molecular weight excluding hydrogens is 320 g/mol. The van der Waals surface area contributed by atoms with Crippen molar-refractivity contribution < 1.29 is 19.5 Å². The van der Waals surface area contributed by atoms with Crippen molar-refractivity contribution in [2.24, 2.45) is 11.8 Å². The molecule has 1 aliphatic rings. The SMILES string of the molecule is CC(C)C[C@@H](NC(=O)C1CC(=O)N(C(C)c2ccccc2)C1)C(=O)O. The second-order valence-corrected chi connectivity index (χ2v) is 7.06. The van der Waals surface area contributed by atoms with Crippen LogP contribution in [0.15, 0.2) is 30.3 Å². The highest BCUT2D eigenvalue weighted by atomic mass is 16.4. The smallest absolute Gasteiger partial charge is 0.326 e.